The summed E-state index contributed by atoms with van der Waals surface area (Å²) < 4.78 is 38.2. The van der Waals surface area contributed by atoms with E-state index in [-0.39, 0.29) is 0 Å². The highest BCUT2D eigenvalue weighted by atomic mass is 19.4. The second-order valence-electron chi connectivity index (χ2n) is 5.86. The fourth-order valence-electron chi connectivity index (χ4n) is 3.35. The van der Waals surface area contributed by atoms with Crippen molar-refractivity contribution < 1.29 is 13.2 Å². The minimum atomic E-state index is -4.30. The Morgan fingerprint density at radius 3 is 2.33 bits per heavy atom. The molecular formula is C15H20F3N3. The molecule has 3 nitrogen and oxygen atoms in total. The van der Waals surface area contributed by atoms with Crippen molar-refractivity contribution in [3.63, 3.8) is 0 Å². The summed E-state index contributed by atoms with van der Waals surface area (Å²) in [6.45, 7) is 3.35. The molecule has 21 heavy (non-hydrogen) atoms. The fourth-order valence-corrected chi connectivity index (χ4v) is 3.35. The van der Waals surface area contributed by atoms with Crippen LogP contribution in [0.25, 0.3) is 0 Å². The molecule has 3 rings (SSSR count). The molecule has 2 fully saturated rings. The molecule has 0 aromatic carbocycles. The lowest BCUT2D eigenvalue weighted by Gasteiger charge is -2.38. The molecule has 1 aromatic heterocycles. The molecule has 1 aromatic rings. The van der Waals surface area contributed by atoms with Crippen LogP contribution in [-0.2, 0) is 6.18 Å². The van der Waals surface area contributed by atoms with Gasteiger partial charge in [0, 0.05) is 38.4 Å². The molecule has 1 saturated heterocycles. The smallest absolute Gasteiger partial charge is 0.354 e. The van der Waals surface area contributed by atoms with Crippen LogP contribution in [0.1, 0.15) is 31.2 Å². The van der Waals surface area contributed by atoms with Gasteiger partial charge in [-0.1, -0.05) is 12.8 Å². The Morgan fingerprint density at radius 2 is 1.71 bits per heavy atom. The standard InChI is InChI=1S/C15H20F3N3/c16-15(17,18)12-5-6-19-14(11-12)21-9-7-20(8-10-21)13-3-1-2-4-13/h5-6,11,13H,1-4,7-10H2. The van der Waals surface area contributed by atoms with Crippen molar-refractivity contribution in [3.8, 4) is 0 Å². The number of rotatable bonds is 2. The third-order valence-corrected chi connectivity index (χ3v) is 4.55. The van der Waals surface area contributed by atoms with Crippen LogP contribution in [0.3, 0.4) is 0 Å². The largest absolute Gasteiger partial charge is 0.416 e. The predicted octanol–water partition coefficient (Wildman–Crippen LogP) is 3.17. The Kier molecular flexibility index (Phi) is 4.06. The summed E-state index contributed by atoms with van der Waals surface area (Å²) in [5.74, 6) is 0.441. The monoisotopic (exact) mass is 299 g/mol. The van der Waals surface area contributed by atoms with Gasteiger partial charge in [0.2, 0.25) is 0 Å². The first-order valence-electron chi connectivity index (χ1n) is 7.56. The lowest BCUT2D eigenvalue weighted by Crippen LogP contribution is -2.50. The van der Waals surface area contributed by atoms with Crippen molar-refractivity contribution in [1.82, 2.24) is 9.88 Å². The van der Waals surface area contributed by atoms with E-state index < -0.39 is 11.7 Å². The van der Waals surface area contributed by atoms with Gasteiger partial charge in [-0.25, -0.2) is 4.98 Å². The van der Waals surface area contributed by atoms with Crippen LogP contribution in [0.15, 0.2) is 18.3 Å². The van der Waals surface area contributed by atoms with E-state index in [1.165, 1.54) is 31.9 Å². The molecule has 1 aliphatic carbocycles. The molecule has 0 bridgehead atoms. The van der Waals surface area contributed by atoms with Gasteiger partial charge in [0.1, 0.15) is 5.82 Å². The topological polar surface area (TPSA) is 19.4 Å². The van der Waals surface area contributed by atoms with Crippen LogP contribution >= 0.6 is 0 Å². The van der Waals surface area contributed by atoms with E-state index in [1.807, 2.05) is 4.90 Å². The highest BCUT2D eigenvalue weighted by Crippen LogP contribution is 2.31. The maximum atomic E-state index is 12.7. The van der Waals surface area contributed by atoms with Crippen LogP contribution in [0.5, 0.6) is 0 Å². The third-order valence-electron chi connectivity index (χ3n) is 4.55. The maximum absolute atomic E-state index is 12.7. The molecule has 6 heteroatoms. The number of halogens is 3. The van der Waals surface area contributed by atoms with Crippen molar-refractivity contribution in [3.05, 3.63) is 23.9 Å². The number of hydrogen-bond donors (Lipinski definition) is 0. The van der Waals surface area contributed by atoms with Crippen LogP contribution in [0.2, 0.25) is 0 Å². The van der Waals surface area contributed by atoms with E-state index in [0.29, 0.717) is 11.9 Å². The molecule has 0 radical (unpaired) electrons. The molecular weight excluding hydrogens is 279 g/mol. The number of hydrogen-bond acceptors (Lipinski definition) is 3. The van der Waals surface area contributed by atoms with Gasteiger partial charge in [-0.05, 0) is 25.0 Å². The second kappa shape index (κ2) is 5.83. The van der Waals surface area contributed by atoms with Gasteiger partial charge in [-0.3, -0.25) is 4.90 Å². The van der Waals surface area contributed by atoms with Gasteiger partial charge < -0.3 is 4.90 Å². The van der Waals surface area contributed by atoms with E-state index in [9.17, 15) is 13.2 Å². The number of pyridine rings is 1. The lowest BCUT2D eigenvalue weighted by molar-refractivity contribution is -0.137. The third kappa shape index (κ3) is 3.31. The van der Waals surface area contributed by atoms with Crippen LogP contribution in [0, 0.1) is 0 Å². The molecule has 0 spiro atoms. The average molecular weight is 299 g/mol. The molecule has 0 unspecified atom stereocenters. The Morgan fingerprint density at radius 1 is 1.05 bits per heavy atom. The maximum Gasteiger partial charge on any atom is 0.416 e. The molecule has 0 N–H and O–H groups in total. The number of aromatic nitrogens is 1. The molecule has 2 aliphatic rings. The minimum Gasteiger partial charge on any atom is -0.354 e. The Balaban J connectivity index is 1.64. The van der Waals surface area contributed by atoms with Gasteiger partial charge in [-0.15, -0.1) is 0 Å². The first-order valence-corrected chi connectivity index (χ1v) is 7.56. The average Bonchev–Trinajstić information content (AvgIpc) is 3.01. The van der Waals surface area contributed by atoms with Gasteiger partial charge in [0.25, 0.3) is 0 Å². The van der Waals surface area contributed by atoms with E-state index in [2.05, 4.69) is 9.88 Å². The SMILES string of the molecule is FC(F)(F)c1ccnc(N2CCN(C3CCCC3)CC2)c1. The Bertz CT molecular complexity index is 475. The molecule has 1 aliphatic heterocycles. The summed E-state index contributed by atoms with van der Waals surface area (Å²) in [4.78, 5) is 8.55. The van der Waals surface area contributed by atoms with E-state index in [0.717, 1.165) is 38.3 Å². The number of anilines is 1. The van der Waals surface area contributed by atoms with Crippen molar-refractivity contribution in [1.29, 1.82) is 0 Å². The first-order chi connectivity index (χ1) is 10.0. The molecule has 0 atom stereocenters. The van der Waals surface area contributed by atoms with E-state index >= 15 is 0 Å². The van der Waals surface area contributed by atoms with Crippen LogP contribution < -0.4 is 4.90 Å². The van der Waals surface area contributed by atoms with Gasteiger partial charge in [-0.2, -0.15) is 13.2 Å². The second-order valence-corrected chi connectivity index (χ2v) is 5.86. The van der Waals surface area contributed by atoms with E-state index in [4.69, 9.17) is 0 Å². The van der Waals surface area contributed by atoms with Gasteiger partial charge in [0.05, 0.1) is 5.56 Å². The predicted molar refractivity (Wildman–Crippen MR) is 75.3 cm³/mol. The van der Waals surface area contributed by atoms with Gasteiger partial charge >= 0.3 is 6.18 Å². The van der Waals surface area contributed by atoms with Crippen molar-refractivity contribution >= 4 is 5.82 Å². The van der Waals surface area contributed by atoms with E-state index in [1.54, 1.807) is 0 Å². The molecule has 2 heterocycles. The summed E-state index contributed by atoms with van der Waals surface area (Å²) in [5.41, 5.74) is -0.620. The van der Waals surface area contributed by atoms with Crippen LogP contribution in [-0.4, -0.2) is 42.1 Å². The summed E-state index contributed by atoms with van der Waals surface area (Å²) in [6.07, 6.45) is 2.09. The zero-order valence-corrected chi connectivity index (χ0v) is 11.9. The minimum absolute atomic E-state index is 0.441. The number of alkyl halides is 3. The highest BCUT2D eigenvalue weighted by molar-refractivity contribution is 5.42. The molecule has 1 saturated carbocycles. The first kappa shape index (κ1) is 14.6. The highest BCUT2D eigenvalue weighted by Gasteiger charge is 2.32. The quantitative estimate of drug-likeness (QED) is 0.836. The number of nitrogens with zero attached hydrogens (tertiary/aromatic N) is 3. The van der Waals surface area contributed by atoms with Crippen molar-refractivity contribution in [2.75, 3.05) is 31.1 Å². The van der Waals surface area contributed by atoms with Crippen molar-refractivity contribution in [2.24, 2.45) is 0 Å². The van der Waals surface area contributed by atoms with Gasteiger partial charge in [0.15, 0.2) is 0 Å². The summed E-state index contributed by atoms with van der Waals surface area (Å²) in [6, 6.07) is 2.87. The Labute approximate surface area is 122 Å². The summed E-state index contributed by atoms with van der Waals surface area (Å²) in [5, 5.41) is 0. The normalized spacial score (nSPS) is 22.0. The zero-order chi connectivity index (χ0) is 14.9. The summed E-state index contributed by atoms with van der Waals surface area (Å²) in [7, 11) is 0. The Hall–Kier alpha value is -1.30. The lowest BCUT2D eigenvalue weighted by atomic mass is 10.1. The fraction of sp³-hybridized carbons (Fsp3) is 0.667. The summed E-state index contributed by atoms with van der Waals surface area (Å²) >= 11 is 0. The number of piperazine rings is 1. The molecule has 116 valence electrons. The molecule has 0 amide bonds. The van der Waals surface area contributed by atoms with Crippen molar-refractivity contribution in [2.45, 2.75) is 37.9 Å². The van der Waals surface area contributed by atoms with Crippen LogP contribution in [0.4, 0.5) is 19.0 Å². The zero-order valence-electron chi connectivity index (χ0n) is 11.9.